The van der Waals surface area contributed by atoms with Crippen molar-refractivity contribution in [2.24, 2.45) is 0 Å². The molecule has 0 saturated carbocycles. The van der Waals surface area contributed by atoms with Gasteiger partial charge in [-0.2, -0.15) is 0 Å². The van der Waals surface area contributed by atoms with E-state index < -0.39 is 11.0 Å². The molecule has 6 nitrogen and oxygen atoms in total. The Labute approximate surface area is 132 Å². The molecule has 0 radical (unpaired) electrons. The van der Waals surface area contributed by atoms with E-state index in [0.717, 1.165) is 0 Å². The molecule has 1 amide bonds. The Bertz CT molecular complexity index is 734. The van der Waals surface area contributed by atoms with Crippen molar-refractivity contribution in [1.29, 1.82) is 0 Å². The third-order valence-electron chi connectivity index (χ3n) is 3.29. The molecule has 0 spiro atoms. The molecule has 0 aliphatic heterocycles. The highest BCUT2D eigenvalue weighted by atomic mass is 35.5. The minimum atomic E-state index is -0.437. The quantitative estimate of drug-likeness (QED) is 0.691. The van der Waals surface area contributed by atoms with Crippen LogP contribution in [0, 0.1) is 17.0 Å². The van der Waals surface area contributed by atoms with E-state index in [0.29, 0.717) is 16.7 Å². The molecule has 1 unspecified atom stereocenters. The van der Waals surface area contributed by atoms with Gasteiger partial charge in [0.15, 0.2) is 0 Å². The molecule has 114 valence electrons. The molecule has 1 aromatic carbocycles. The number of aromatic nitrogens is 1. The molecule has 1 heterocycles. The van der Waals surface area contributed by atoms with Crippen LogP contribution in [0.4, 0.5) is 5.69 Å². The van der Waals surface area contributed by atoms with Gasteiger partial charge in [-0.1, -0.05) is 23.7 Å². The summed E-state index contributed by atoms with van der Waals surface area (Å²) in [6.07, 6.45) is 2.86. The number of halogens is 1. The van der Waals surface area contributed by atoms with E-state index in [1.165, 1.54) is 24.5 Å². The molecule has 0 aliphatic rings. The van der Waals surface area contributed by atoms with Crippen LogP contribution in [0.3, 0.4) is 0 Å². The SMILES string of the molecule is Cc1ccc(C(C)NC(=O)c2ccncc2Cl)cc1[N+](=O)[O-]. The Morgan fingerprint density at radius 2 is 2.14 bits per heavy atom. The van der Waals surface area contributed by atoms with Crippen molar-refractivity contribution >= 4 is 23.2 Å². The monoisotopic (exact) mass is 319 g/mol. The third-order valence-corrected chi connectivity index (χ3v) is 3.60. The second kappa shape index (κ2) is 6.53. The number of benzene rings is 1. The number of carbonyl (C=O) groups is 1. The topological polar surface area (TPSA) is 85.1 Å². The van der Waals surface area contributed by atoms with Crippen molar-refractivity contribution in [2.45, 2.75) is 19.9 Å². The predicted octanol–water partition coefficient (Wildman–Crippen LogP) is 3.44. The molecule has 7 heteroatoms. The smallest absolute Gasteiger partial charge is 0.272 e. The van der Waals surface area contributed by atoms with Crippen LogP contribution in [0.15, 0.2) is 36.7 Å². The summed E-state index contributed by atoms with van der Waals surface area (Å²) >= 11 is 5.92. The first kappa shape index (κ1) is 15.9. The number of rotatable bonds is 4. The summed E-state index contributed by atoms with van der Waals surface area (Å²) in [7, 11) is 0. The summed E-state index contributed by atoms with van der Waals surface area (Å²) in [6.45, 7) is 3.42. The summed E-state index contributed by atoms with van der Waals surface area (Å²) in [5.41, 5.74) is 1.56. The maximum Gasteiger partial charge on any atom is 0.272 e. The Morgan fingerprint density at radius 3 is 2.77 bits per heavy atom. The minimum Gasteiger partial charge on any atom is -0.345 e. The molecule has 0 bridgehead atoms. The van der Waals surface area contributed by atoms with Gasteiger partial charge >= 0.3 is 0 Å². The van der Waals surface area contributed by atoms with E-state index >= 15 is 0 Å². The maximum absolute atomic E-state index is 12.2. The summed E-state index contributed by atoms with van der Waals surface area (Å²) in [6, 6.07) is 6.00. The fourth-order valence-corrected chi connectivity index (χ4v) is 2.21. The Kier molecular flexibility index (Phi) is 4.72. The first-order valence-corrected chi connectivity index (χ1v) is 6.93. The van der Waals surface area contributed by atoms with Gasteiger partial charge < -0.3 is 5.32 Å². The number of amides is 1. The summed E-state index contributed by atoms with van der Waals surface area (Å²) in [5, 5.41) is 14.0. The second-order valence-electron chi connectivity index (χ2n) is 4.85. The highest BCUT2D eigenvalue weighted by Gasteiger charge is 2.17. The molecule has 0 saturated heterocycles. The van der Waals surface area contributed by atoms with Gasteiger partial charge in [-0.15, -0.1) is 0 Å². The number of nitrogens with one attached hydrogen (secondary N) is 1. The van der Waals surface area contributed by atoms with E-state index in [2.05, 4.69) is 10.3 Å². The number of hydrogen-bond acceptors (Lipinski definition) is 4. The van der Waals surface area contributed by atoms with Gasteiger partial charge in [0.25, 0.3) is 11.6 Å². The molecule has 2 aromatic rings. The predicted molar refractivity (Wildman–Crippen MR) is 83.0 cm³/mol. The summed E-state index contributed by atoms with van der Waals surface area (Å²) in [4.78, 5) is 26.5. The fraction of sp³-hybridized carbons (Fsp3) is 0.200. The van der Waals surface area contributed by atoms with Crippen LogP contribution in [0.2, 0.25) is 5.02 Å². The lowest BCUT2D eigenvalue weighted by Gasteiger charge is -2.15. The number of aryl methyl sites for hydroxylation is 1. The van der Waals surface area contributed by atoms with Gasteiger partial charge in [-0.05, 0) is 25.5 Å². The van der Waals surface area contributed by atoms with Crippen molar-refractivity contribution in [2.75, 3.05) is 0 Å². The number of pyridine rings is 1. The number of nitrogens with zero attached hydrogens (tertiary/aromatic N) is 2. The Balaban J connectivity index is 2.21. The van der Waals surface area contributed by atoms with Crippen LogP contribution in [0.25, 0.3) is 0 Å². The van der Waals surface area contributed by atoms with E-state index in [-0.39, 0.29) is 16.6 Å². The van der Waals surface area contributed by atoms with Gasteiger partial charge in [0.05, 0.1) is 21.6 Å². The minimum absolute atomic E-state index is 0.0283. The number of hydrogen-bond donors (Lipinski definition) is 1. The van der Waals surface area contributed by atoms with Crippen molar-refractivity contribution in [3.8, 4) is 0 Å². The zero-order valence-electron chi connectivity index (χ0n) is 12.0. The number of nitro groups is 1. The van der Waals surface area contributed by atoms with Crippen molar-refractivity contribution in [1.82, 2.24) is 10.3 Å². The maximum atomic E-state index is 12.2. The van der Waals surface area contributed by atoms with Gasteiger partial charge in [-0.3, -0.25) is 19.9 Å². The highest BCUT2D eigenvalue weighted by molar-refractivity contribution is 6.33. The van der Waals surface area contributed by atoms with Gasteiger partial charge in [0.2, 0.25) is 0 Å². The van der Waals surface area contributed by atoms with Gasteiger partial charge in [-0.25, -0.2) is 0 Å². The first-order chi connectivity index (χ1) is 10.4. The zero-order valence-corrected chi connectivity index (χ0v) is 12.8. The van der Waals surface area contributed by atoms with Crippen molar-refractivity contribution in [3.05, 3.63) is 68.5 Å². The van der Waals surface area contributed by atoms with Crippen molar-refractivity contribution in [3.63, 3.8) is 0 Å². The lowest BCUT2D eigenvalue weighted by Crippen LogP contribution is -2.27. The van der Waals surface area contributed by atoms with E-state index in [1.54, 1.807) is 26.0 Å². The van der Waals surface area contributed by atoms with Crippen molar-refractivity contribution < 1.29 is 9.72 Å². The standard InChI is InChI=1S/C15H14ClN3O3/c1-9-3-4-11(7-14(9)19(21)22)10(2)18-15(20)12-5-6-17-8-13(12)16/h3-8,10H,1-2H3,(H,18,20). The van der Waals surface area contributed by atoms with E-state index in [1.807, 2.05) is 0 Å². The van der Waals surface area contributed by atoms with Crippen LogP contribution in [-0.4, -0.2) is 15.8 Å². The lowest BCUT2D eigenvalue weighted by molar-refractivity contribution is -0.385. The molecule has 1 atom stereocenters. The largest absolute Gasteiger partial charge is 0.345 e. The molecule has 1 aromatic heterocycles. The number of carbonyl (C=O) groups excluding carboxylic acids is 1. The molecule has 0 aliphatic carbocycles. The van der Waals surface area contributed by atoms with Gasteiger partial charge in [0, 0.05) is 24.0 Å². The van der Waals surface area contributed by atoms with Crippen LogP contribution >= 0.6 is 11.6 Å². The molecule has 2 rings (SSSR count). The number of nitro benzene ring substituents is 1. The van der Waals surface area contributed by atoms with Crippen LogP contribution in [0.1, 0.15) is 34.5 Å². The Hall–Kier alpha value is -2.47. The second-order valence-corrected chi connectivity index (χ2v) is 5.26. The Morgan fingerprint density at radius 1 is 1.41 bits per heavy atom. The highest BCUT2D eigenvalue weighted by Crippen LogP contribution is 2.23. The summed E-state index contributed by atoms with van der Waals surface area (Å²) in [5.74, 6) is -0.358. The third kappa shape index (κ3) is 3.40. The average molecular weight is 320 g/mol. The lowest BCUT2D eigenvalue weighted by atomic mass is 10.0. The average Bonchev–Trinajstić information content (AvgIpc) is 2.47. The van der Waals surface area contributed by atoms with Crippen LogP contribution < -0.4 is 5.32 Å². The fourth-order valence-electron chi connectivity index (χ4n) is 2.01. The van der Waals surface area contributed by atoms with Crippen LogP contribution in [0.5, 0.6) is 0 Å². The zero-order chi connectivity index (χ0) is 16.3. The molecular weight excluding hydrogens is 306 g/mol. The first-order valence-electron chi connectivity index (χ1n) is 6.55. The molecular formula is C15H14ClN3O3. The van der Waals surface area contributed by atoms with E-state index in [4.69, 9.17) is 11.6 Å². The van der Waals surface area contributed by atoms with E-state index in [9.17, 15) is 14.9 Å². The molecule has 1 N–H and O–H groups in total. The summed E-state index contributed by atoms with van der Waals surface area (Å²) < 4.78 is 0. The van der Waals surface area contributed by atoms with Gasteiger partial charge in [0.1, 0.15) is 0 Å². The van der Waals surface area contributed by atoms with Crippen LogP contribution in [-0.2, 0) is 0 Å². The molecule has 0 fully saturated rings. The normalized spacial score (nSPS) is 11.8. The molecule has 22 heavy (non-hydrogen) atoms.